The molecule has 0 aromatic carbocycles. The number of fused-ring (bicyclic) bond motifs is 3. The maximum Gasteiger partial charge on any atom is 0.320 e. The fraction of sp³-hybridized carbons (Fsp3) is 0.667. The Morgan fingerprint density at radius 2 is 2.16 bits per heavy atom. The van der Waals surface area contributed by atoms with Crippen molar-refractivity contribution >= 4 is 17.5 Å². The third kappa shape index (κ3) is 1.22. The SMILES string of the molecule is CCOC(=O)C12CC1(C)[C@@H]1CC=C(C)C(=O)C1C2=O. The Morgan fingerprint density at radius 1 is 1.47 bits per heavy atom. The van der Waals surface area contributed by atoms with E-state index in [1.54, 1.807) is 13.8 Å². The number of ether oxygens (including phenoxy) is 1. The van der Waals surface area contributed by atoms with Gasteiger partial charge in [-0.05, 0) is 43.6 Å². The molecule has 0 aromatic rings. The standard InChI is InChI=1S/C15H18O4/c1-4-19-13(18)15-7-14(15,3)9-6-5-8(2)11(16)10(9)12(15)17/h5,9-10H,4,6-7H2,1-3H3/t9-,10?,14?,15?/m1/s1. The van der Waals surface area contributed by atoms with Crippen LogP contribution in [0.4, 0.5) is 0 Å². The van der Waals surface area contributed by atoms with Gasteiger partial charge in [0.2, 0.25) is 0 Å². The van der Waals surface area contributed by atoms with Crippen LogP contribution in [0.3, 0.4) is 0 Å². The van der Waals surface area contributed by atoms with Gasteiger partial charge in [-0.1, -0.05) is 13.0 Å². The minimum Gasteiger partial charge on any atom is -0.465 e. The largest absolute Gasteiger partial charge is 0.465 e. The van der Waals surface area contributed by atoms with Crippen LogP contribution in [0.15, 0.2) is 11.6 Å². The molecule has 4 nitrogen and oxygen atoms in total. The number of esters is 1. The van der Waals surface area contributed by atoms with Crippen molar-refractivity contribution in [3.05, 3.63) is 11.6 Å². The molecule has 0 aromatic heterocycles. The monoisotopic (exact) mass is 262 g/mol. The predicted molar refractivity (Wildman–Crippen MR) is 67.2 cm³/mol. The molecule has 3 unspecified atom stereocenters. The molecule has 0 bridgehead atoms. The average molecular weight is 262 g/mol. The molecule has 0 radical (unpaired) electrons. The second-order valence-electron chi connectivity index (χ2n) is 6.16. The lowest BCUT2D eigenvalue weighted by atomic mass is 9.74. The second-order valence-corrected chi connectivity index (χ2v) is 6.16. The van der Waals surface area contributed by atoms with Crippen LogP contribution >= 0.6 is 0 Å². The summed E-state index contributed by atoms with van der Waals surface area (Å²) in [5.74, 6) is -1.37. The van der Waals surface area contributed by atoms with Crippen molar-refractivity contribution in [1.82, 2.24) is 0 Å². The molecule has 102 valence electrons. The van der Waals surface area contributed by atoms with E-state index in [0.29, 0.717) is 18.4 Å². The van der Waals surface area contributed by atoms with E-state index in [0.717, 1.165) is 0 Å². The van der Waals surface area contributed by atoms with Crippen molar-refractivity contribution in [2.45, 2.75) is 33.6 Å². The topological polar surface area (TPSA) is 60.4 Å². The summed E-state index contributed by atoms with van der Waals surface area (Å²) in [6.45, 7) is 5.70. The van der Waals surface area contributed by atoms with E-state index in [9.17, 15) is 14.4 Å². The first-order valence-electron chi connectivity index (χ1n) is 6.82. The zero-order valence-corrected chi connectivity index (χ0v) is 11.5. The van der Waals surface area contributed by atoms with Gasteiger partial charge >= 0.3 is 5.97 Å². The highest BCUT2D eigenvalue weighted by Crippen LogP contribution is 2.77. The van der Waals surface area contributed by atoms with Gasteiger partial charge < -0.3 is 4.74 Å². The third-order valence-electron chi connectivity index (χ3n) is 5.38. The van der Waals surface area contributed by atoms with Gasteiger partial charge in [-0.15, -0.1) is 0 Å². The van der Waals surface area contributed by atoms with Crippen molar-refractivity contribution < 1.29 is 19.1 Å². The minimum atomic E-state index is -1.04. The van der Waals surface area contributed by atoms with Crippen LogP contribution in [0.5, 0.6) is 0 Å². The summed E-state index contributed by atoms with van der Waals surface area (Å²) in [6.07, 6.45) is 3.16. The molecule has 0 spiro atoms. The van der Waals surface area contributed by atoms with Gasteiger partial charge in [0, 0.05) is 0 Å². The number of Topliss-reactive ketones (excluding diaryl/α,β-unsaturated/α-hetero) is 2. The molecular weight excluding hydrogens is 244 g/mol. The molecule has 2 fully saturated rings. The molecule has 2 saturated carbocycles. The Balaban J connectivity index is 2.01. The lowest BCUT2D eigenvalue weighted by molar-refractivity contribution is -0.154. The third-order valence-corrected chi connectivity index (χ3v) is 5.38. The molecule has 3 aliphatic rings. The number of rotatable bonds is 2. The highest BCUT2D eigenvalue weighted by Gasteiger charge is 2.84. The lowest BCUT2D eigenvalue weighted by Crippen LogP contribution is -2.36. The summed E-state index contributed by atoms with van der Waals surface area (Å²) < 4.78 is 5.09. The molecule has 0 heterocycles. The molecule has 4 atom stereocenters. The van der Waals surface area contributed by atoms with Gasteiger partial charge in [-0.2, -0.15) is 0 Å². The van der Waals surface area contributed by atoms with Crippen LogP contribution in [0.1, 0.15) is 33.6 Å². The highest BCUT2D eigenvalue weighted by atomic mass is 16.5. The van der Waals surface area contributed by atoms with E-state index in [1.807, 2.05) is 13.0 Å². The smallest absolute Gasteiger partial charge is 0.320 e. The van der Waals surface area contributed by atoms with Crippen molar-refractivity contribution in [1.29, 1.82) is 0 Å². The minimum absolute atomic E-state index is 0.0272. The Morgan fingerprint density at radius 3 is 2.79 bits per heavy atom. The van der Waals surface area contributed by atoms with Crippen molar-refractivity contribution in [2.75, 3.05) is 6.61 Å². The molecule has 19 heavy (non-hydrogen) atoms. The van der Waals surface area contributed by atoms with Crippen molar-refractivity contribution in [3.63, 3.8) is 0 Å². The summed E-state index contributed by atoms with van der Waals surface area (Å²) in [4.78, 5) is 37.0. The molecule has 4 heteroatoms. The van der Waals surface area contributed by atoms with E-state index in [4.69, 9.17) is 4.74 Å². The van der Waals surface area contributed by atoms with Crippen LogP contribution in [-0.4, -0.2) is 24.1 Å². The van der Waals surface area contributed by atoms with Gasteiger partial charge in [0.15, 0.2) is 11.6 Å². The Labute approximate surface area is 112 Å². The van der Waals surface area contributed by atoms with Crippen molar-refractivity contribution in [2.24, 2.45) is 22.7 Å². The van der Waals surface area contributed by atoms with E-state index >= 15 is 0 Å². The molecule has 0 N–H and O–H groups in total. The van der Waals surface area contributed by atoms with Gasteiger partial charge in [-0.3, -0.25) is 14.4 Å². The fourth-order valence-electron chi connectivity index (χ4n) is 4.15. The molecule has 0 amide bonds. The highest BCUT2D eigenvalue weighted by molar-refractivity contribution is 6.22. The van der Waals surface area contributed by atoms with E-state index in [2.05, 4.69) is 0 Å². The van der Waals surface area contributed by atoms with Gasteiger partial charge in [0.05, 0.1) is 12.5 Å². The van der Waals surface area contributed by atoms with E-state index < -0.39 is 17.3 Å². The first-order valence-corrected chi connectivity index (χ1v) is 6.82. The normalized spacial score (nSPS) is 43.4. The predicted octanol–water partition coefficient (Wildman–Crippen LogP) is 1.68. The van der Waals surface area contributed by atoms with E-state index in [1.165, 1.54) is 0 Å². The number of ketones is 2. The number of allylic oxidation sites excluding steroid dienone is 2. The Kier molecular flexibility index (Phi) is 2.35. The summed E-state index contributed by atoms with van der Waals surface area (Å²) in [5.41, 5.74) is -0.765. The molecule has 0 aliphatic heterocycles. The van der Waals surface area contributed by atoms with Gasteiger partial charge in [0.1, 0.15) is 5.41 Å². The number of hydrogen-bond acceptors (Lipinski definition) is 4. The quantitative estimate of drug-likeness (QED) is 0.561. The maximum absolute atomic E-state index is 12.6. The average Bonchev–Trinajstić information content (AvgIpc) is 2.95. The number of carbonyl (C=O) groups excluding carboxylic acids is 3. The first-order chi connectivity index (χ1) is 8.90. The molecule has 3 aliphatic carbocycles. The Bertz CT molecular complexity index is 532. The zero-order chi connectivity index (χ0) is 14.0. The number of carbonyl (C=O) groups is 3. The first kappa shape index (κ1) is 12.6. The van der Waals surface area contributed by atoms with Crippen LogP contribution in [0.2, 0.25) is 0 Å². The fourth-order valence-corrected chi connectivity index (χ4v) is 4.15. The summed E-state index contributed by atoms with van der Waals surface area (Å²) in [5, 5.41) is 0. The van der Waals surface area contributed by atoms with Crippen molar-refractivity contribution in [3.8, 4) is 0 Å². The van der Waals surface area contributed by atoms with Gasteiger partial charge in [-0.25, -0.2) is 0 Å². The van der Waals surface area contributed by atoms with Gasteiger partial charge in [0.25, 0.3) is 0 Å². The summed E-state index contributed by atoms with van der Waals surface area (Å²) in [7, 11) is 0. The second kappa shape index (κ2) is 3.56. The molecule has 0 saturated heterocycles. The van der Waals surface area contributed by atoms with Crippen LogP contribution in [-0.2, 0) is 19.1 Å². The summed E-state index contributed by atoms with van der Waals surface area (Å²) >= 11 is 0. The Hall–Kier alpha value is -1.45. The zero-order valence-electron chi connectivity index (χ0n) is 11.5. The lowest BCUT2D eigenvalue weighted by Gasteiger charge is -2.27. The molecular formula is C15H18O4. The van der Waals surface area contributed by atoms with Crippen LogP contribution in [0.25, 0.3) is 0 Å². The molecule has 3 rings (SSSR count). The maximum atomic E-state index is 12.6. The summed E-state index contributed by atoms with van der Waals surface area (Å²) in [6, 6.07) is 0. The van der Waals surface area contributed by atoms with Crippen LogP contribution < -0.4 is 0 Å². The number of hydrogen-bond donors (Lipinski definition) is 0. The van der Waals surface area contributed by atoms with Crippen LogP contribution in [0, 0.1) is 22.7 Å². The van der Waals surface area contributed by atoms with E-state index in [-0.39, 0.29) is 29.5 Å².